The average Bonchev–Trinajstić information content (AvgIpc) is 2.67. The topological polar surface area (TPSA) is 78.9 Å². The standard InChI is InChI=1S/C19H20BrFN2O4/c1-3-23(11-17(24)22-10-12-4-6-14(21)7-5-12)19(26)13-8-15(20)18(25)16(9-13)27-2/h4-9,25H,3,10-11H2,1-2H3,(H,22,24). The van der Waals surface area contributed by atoms with Crippen LogP contribution in [0.25, 0.3) is 0 Å². The van der Waals surface area contributed by atoms with Crippen LogP contribution in [0.1, 0.15) is 22.8 Å². The number of amides is 2. The van der Waals surface area contributed by atoms with Crippen LogP contribution in [0.4, 0.5) is 4.39 Å². The minimum Gasteiger partial charge on any atom is -0.503 e. The van der Waals surface area contributed by atoms with Crippen LogP contribution < -0.4 is 10.1 Å². The second-order valence-corrected chi connectivity index (χ2v) is 6.59. The van der Waals surface area contributed by atoms with Crippen LogP contribution in [0.15, 0.2) is 40.9 Å². The van der Waals surface area contributed by atoms with Gasteiger partial charge in [0.2, 0.25) is 5.91 Å². The number of rotatable bonds is 7. The van der Waals surface area contributed by atoms with Crippen LogP contribution in [0.5, 0.6) is 11.5 Å². The maximum Gasteiger partial charge on any atom is 0.254 e. The molecule has 2 rings (SSSR count). The first-order chi connectivity index (χ1) is 12.8. The fourth-order valence-electron chi connectivity index (χ4n) is 2.39. The smallest absolute Gasteiger partial charge is 0.254 e. The normalized spacial score (nSPS) is 10.4. The number of hydrogen-bond acceptors (Lipinski definition) is 4. The number of ether oxygens (including phenoxy) is 1. The van der Waals surface area contributed by atoms with Gasteiger partial charge in [0.25, 0.3) is 5.91 Å². The van der Waals surface area contributed by atoms with Crippen molar-refractivity contribution in [1.29, 1.82) is 0 Å². The number of phenolic OH excluding ortho intramolecular Hbond substituents is 1. The van der Waals surface area contributed by atoms with Gasteiger partial charge in [-0.1, -0.05) is 12.1 Å². The SMILES string of the molecule is CCN(CC(=O)NCc1ccc(F)cc1)C(=O)c1cc(Br)c(O)c(OC)c1. The molecule has 27 heavy (non-hydrogen) atoms. The summed E-state index contributed by atoms with van der Waals surface area (Å²) in [5.41, 5.74) is 1.04. The molecule has 0 fully saturated rings. The van der Waals surface area contributed by atoms with Crippen LogP contribution in [-0.2, 0) is 11.3 Å². The van der Waals surface area contributed by atoms with Crippen LogP contribution >= 0.6 is 15.9 Å². The molecule has 0 atom stereocenters. The number of benzene rings is 2. The third-order valence-corrected chi connectivity index (χ3v) is 4.51. The van der Waals surface area contributed by atoms with E-state index in [-0.39, 0.29) is 47.8 Å². The average molecular weight is 439 g/mol. The summed E-state index contributed by atoms with van der Waals surface area (Å²) in [4.78, 5) is 26.3. The molecule has 0 aliphatic carbocycles. The van der Waals surface area contributed by atoms with Crippen LogP contribution in [-0.4, -0.2) is 42.0 Å². The molecule has 144 valence electrons. The van der Waals surface area contributed by atoms with Gasteiger partial charge in [0, 0.05) is 18.7 Å². The summed E-state index contributed by atoms with van der Waals surface area (Å²) in [5.74, 6) is -0.991. The Balaban J connectivity index is 2.03. The molecular weight excluding hydrogens is 419 g/mol. The minimum absolute atomic E-state index is 0.103. The summed E-state index contributed by atoms with van der Waals surface area (Å²) in [6.45, 7) is 2.20. The molecule has 0 unspecified atom stereocenters. The number of carbonyl (C=O) groups excluding carboxylic acids is 2. The summed E-state index contributed by atoms with van der Waals surface area (Å²) in [6, 6.07) is 8.69. The molecule has 2 amide bonds. The van der Waals surface area contributed by atoms with Gasteiger partial charge in [0.1, 0.15) is 5.82 Å². The monoisotopic (exact) mass is 438 g/mol. The van der Waals surface area contributed by atoms with Gasteiger partial charge in [-0.25, -0.2) is 4.39 Å². The molecule has 2 aromatic carbocycles. The molecule has 0 saturated carbocycles. The number of carbonyl (C=O) groups is 2. The fourth-order valence-corrected chi connectivity index (χ4v) is 2.84. The Morgan fingerprint density at radius 1 is 1.26 bits per heavy atom. The largest absolute Gasteiger partial charge is 0.503 e. The summed E-state index contributed by atoms with van der Waals surface area (Å²) in [5, 5.41) is 12.6. The fraction of sp³-hybridized carbons (Fsp3) is 0.263. The van der Waals surface area contributed by atoms with Gasteiger partial charge in [0.15, 0.2) is 11.5 Å². The van der Waals surface area contributed by atoms with Crippen LogP contribution in [0.3, 0.4) is 0 Å². The van der Waals surface area contributed by atoms with Gasteiger partial charge in [0.05, 0.1) is 18.1 Å². The molecule has 0 bridgehead atoms. The first-order valence-corrected chi connectivity index (χ1v) is 9.02. The highest BCUT2D eigenvalue weighted by Gasteiger charge is 2.20. The van der Waals surface area contributed by atoms with E-state index >= 15 is 0 Å². The molecule has 8 heteroatoms. The Morgan fingerprint density at radius 2 is 1.93 bits per heavy atom. The van der Waals surface area contributed by atoms with Gasteiger partial charge < -0.3 is 20.1 Å². The molecule has 6 nitrogen and oxygen atoms in total. The number of nitrogens with zero attached hydrogens (tertiary/aromatic N) is 1. The highest BCUT2D eigenvalue weighted by molar-refractivity contribution is 9.10. The van der Waals surface area contributed by atoms with E-state index in [0.717, 1.165) is 5.56 Å². The molecule has 0 aliphatic heterocycles. The molecule has 0 spiro atoms. The zero-order valence-electron chi connectivity index (χ0n) is 15.0. The van der Waals surface area contributed by atoms with E-state index in [1.807, 2.05) is 0 Å². The number of phenols is 1. The van der Waals surface area contributed by atoms with Crippen molar-refractivity contribution in [2.24, 2.45) is 0 Å². The maximum absolute atomic E-state index is 12.9. The van der Waals surface area contributed by atoms with Gasteiger partial charge in [-0.3, -0.25) is 9.59 Å². The van der Waals surface area contributed by atoms with E-state index < -0.39 is 0 Å². The quantitative estimate of drug-likeness (QED) is 0.695. The van der Waals surface area contributed by atoms with Crippen molar-refractivity contribution < 1.29 is 23.8 Å². The lowest BCUT2D eigenvalue weighted by Gasteiger charge is -2.21. The third-order valence-electron chi connectivity index (χ3n) is 3.90. The van der Waals surface area contributed by atoms with Crippen molar-refractivity contribution in [1.82, 2.24) is 10.2 Å². The van der Waals surface area contributed by atoms with E-state index in [2.05, 4.69) is 21.2 Å². The zero-order valence-corrected chi connectivity index (χ0v) is 16.5. The van der Waals surface area contributed by atoms with Gasteiger partial charge in [-0.15, -0.1) is 0 Å². The first kappa shape index (κ1) is 20.7. The summed E-state index contributed by atoms with van der Waals surface area (Å²) in [6.07, 6.45) is 0. The number of likely N-dealkylation sites (N-methyl/N-ethyl adjacent to an activating group) is 1. The van der Waals surface area contributed by atoms with Gasteiger partial charge >= 0.3 is 0 Å². The first-order valence-electron chi connectivity index (χ1n) is 8.22. The molecule has 2 aromatic rings. The molecule has 0 aliphatic rings. The van der Waals surface area contributed by atoms with Crippen molar-refractivity contribution >= 4 is 27.7 Å². The zero-order chi connectivity index (χ0) is 20.0. The number of hydrogen-bond donors (Lipinski definition) is 2. The van der Waals surface area contributed by atoms with Crippen molar-refractivity contribution in [3.63, 3.8) is 0 Å². The lowest BCUT2D eigenvalue weighted by atomic mass is 10.1. The van der Waals surface area contributed by atoms with Gasteiger partial charge in [-0.2, -0.15) is 0 Å². The Kier molecular flexibility index (Phi) is 7.18. The predicted octanol–water partition coefficient (Wildman–Crippen LogP) is 3.08. The lowest BCUT2D eigenvalue weighted by Crippen LogP contribution is -2.40. The molecule has 0 aromatic heterocycles. The Morgan fingerprint density at radius 3 is 2.52 bits per heavy atom. The van der Waals surface area contributed by atoms with E-state index in [1.54, 1.807) is 19.1 Å². The Hall–Kier alpha value is -2.61. The number of nitrogens with one attached hydrogen (secondary N) is 1. The van der Waals surface area contributed by atoms with E-state index in [1.165, 1.54) is 36.3 Å². The Labute approximate surface area is 165 Å². The second-order valence-electron chi connectivity index (χ2n) is 5.73. The molecular formula is C19H20BrFN2O4. The van der Waals surface area contributed by atoms with Gasteiger partial charge in [-0.05, 0) is 52.7 Å². The predicted molar refractivity (Wildman–Crippen MR) is 102 cm³/mol. The van der Waals surface area contributed by atoms with Crippen LogP contribution in [0.2, 0.25) is 0 Å². The van der Waals surface area contributed by atoms with Crippen molar-refractivity contribution in [2.75, 3.05) is 20.2 Å². The number of methoxy groups -OCH3 is 1. The Bertz CT molecular complexity index is 827. The molecule has 2 N–H and O–H groups in total. The van der Waals surface area contributed by atoms with Crippen molar-refractivity contribution in [2.45, 2.75) is 13.5 Å². The highest BCUT2D eigenvalue weighted by Crippen LogP contribution is 2.35. The molecule has 0 heterocycles. The van der Waals surface area contributed by atoms with E-state index in [9.17, 15) is 19.1 Å². The molecule has 0 saturated heterocycles. The summed E-state index contributed by atoms with van der Waals surface area (Å²) < 4.78 is 18.3. The minimum atomic E-state index is -0.367. The highest BCUT2D eigenvalue weighted by atomic mass is 79.9. The maximum atomic E-state index is 12.9. The number of aromatic hydroxyl groups is 1. The molecule has 0 radical (unpaired) electrons. The third kappa shape index (κ3) is 5.43. The lowest BCUT2D eigenvalue weighted by molar-refractivity contribution is -0.121. The van der Waals surface area contributed by atoms with E-state index in [0.29, 0.717) is 11.0 Å². The number of halogens is 2. The second kappa shape index (κ2) is 9.36. The van der Waals surface area contributed by atoms with E-state index in [4.69, 9.17) is 4.74 Å². The van der Waals surface area contributed by atoms with Crippen LogP contribution in [0, 0.1) is 5.82 Å². The van der Waals surface area contributed by atoms with Crippen molar-refractivity contribution in [3.05, 3.63) is 57.8 Å². The summed E-state index contributed by atoms with van der Waals surface area (Å²) in [7, 11) is 1.39. The summed E-state index contributed by atoms with van der Waals surface area (Å²) >= 11 is 3.18. The van der Waals surface area contributed by atoms with Crippen molar-refractivity contribution in [3.8, 4) is 11.5 Å².